The first-order chi connectivity index (χ1) is 9.18. The fourth-order valence-electron chi connectivity index (χ4n) is 2.30. The second-order valence-corrected chi connectivity index (χ2v) is 4.97. The number of nitrogens with one attached hydrogen (secondary N) is 1. The zero-order valence-corrected chi connectivity index (χ0v) is 11.2. The van der Waals surface area contributed by atoms with E-state index in [9.17, 15) is 9.18 Å². The van der Waals surface area contributed by atoms with Crippen LogP contribution in [0, 0.1) is 12.7 Å². The standard InChI is InChI=1S/C15H20FNO2/c1-11-5-4-7-13(14(11)16)15(18)17-9-8-12-6-2-3-10-19-12/h4-5,7,12H,2-3,6,8-10H2,1H3,(H,17,18). The molecule has 1 saturated heterocycles. The van der Waals surface area contributed by atoms with Crippen molar-refractivity contribution >= 4 is 5.91 Å². The van der Waals surface area contributed by atoms with Crippen molar-refractivity contribution in [1.29, 1.82) is 0 Å². The van der Waals surface area contributed by atoms with Gasteiger partial charge in [-0.1, -0.05) is 12.1 Å². The first-order valence-electron chi connectivity index (χ1n) is 6.83. The van der Waals surface area contributed by atoms with E-state index in [0.717, 1.165) is 25.9 Å². The molecule has 1 fully saturated rings. The van der Waals surface area contributed by atoms with Gasteiger partial charge in [0.1, 0.15) is 5.82 Å². The Bertz CT molecular complexity index is 442. The van der Waals surface area contributed by atoms with Gasteiger partial charge >= 0.3 is 0 Å². The largest absolute Gasteiger partial charge is 0.378 e. The number of amides is 1. The lowest BCUT2D eigenvalue weighted by molar-refractivity contribution is 0.0117. The summed E-state index contributed by atoms with van der Waals surface area (Å²) < 4.78 is 19.3. The zero-order chi connectivity index (χ0) is 13.7. The number of carbonyl (C=O) groups excluding carboxylic acids is 1. The number of carbonyl (C=O) groups is 1. The van der Waals surface area contributed by atoms with E-state index >= 15 is 0 Å². The van der Waals surface area contributed by atoms with E-state index in [0.29, 0.717) is 12.1 Å². The quantitative estimate of drug-likeness (QED) is 0.909. The van der Waals surface area contributed by atoms with Crippen LogP contribution in [-0.2, 0) is 4.74 Å². The van der Waals surface area contributed by atoms with E-state index in [-0.39, 0.29) is 17.6 Å². The summed E-state index contributed by atoms with van der Waals surface area (Å²) in [5, 5.41) is 2.76. The molecule has 1 aliphatic heterocycles. The molecule has 1 aliphatic rings. The highest BCUT2D eigenvalue weighted by molar-refractivity contribution is 5.94. The van der Waals surface area contributed by atoms with E-state index in [4.69, 9.17) is 4.74 Å². The number of benzene rings is 1. The molecule has 1 N–H and O–H groups in total. The molecule has 1 heterocycles. The Kier molecular flexibility index (Phi) is 4.91. The predicted octanol–water partition coefficient (Wildman–Crippen LogP) is 2.82. The van der Waals surface area contributed by atoms with Gasteiger partial charge in [0.15, 0.2) is 0 Å². The number of halogens is 1. The van der Waals surface area contributed by atoms with Crippen molar-refractivity contribution in [2.75, 3.05) is 13.2 Å². The van der Waals surface area contributed by atoms with Crippen molar-refractivity contribution in [2.45, 2.75) is 38.7 Å². The smallest absolute Gasteiger partial charge is 0.254 e. The molecule has 0 spiro atoms. The highest BCUT2D eigenvalue weighted by Crippen LogP contribution is 2.15. The SMILES string of the molecule is Cc1cccc(C(=O)NCCC2CCCCO2)c1F. The fraction of sp³-hybridized carbons (Fsp3) is 0.533. The van der Waals surface area contributed by atoms with Crippen LogP contribution < -0.4 is 5.32 Å². The third-order valence-corrected chi connectivity index (χ3v) is 3.46. The van der Waals surface area contributed by atoms with E-state index in [1.165, 1.54) is 12.5 Å². The van der Waals surface area contributed by atoms with Crippen molar-refractivity contribution in [3.8, 4) is 0 Å². The highest BCUT2D eigenvalue weighted by atomic mass is 19.1. The van der Waals surface area contributed by atoms with Gasteiger partial charge in [-0.2, -0.15) is 0 Å². The molecule has 1 unspecified atom stereocenters. The zero-order valence-electron chi connectivity index (χ0n) is 11.2. The number of hydrogen-bond acceptors (Lipinski definition) is 2. The van der Waals surface area contributed by atoms with Gasteiger partial charge in [-0.25, -0.2) is 4.39 Å². The molecule has 1 amide bonds. The van der Waals surface area contributed by atoms with Crippen molar-refractivity contribution in [3.05, 3.63) is 35.1 Å². The molecular formula is C15H20FNO2. The molecule has 0 saturated carbocycles. The summed E-state index contributed by atoms with van der Waals surface area (Å²) in [6.45, 7) is 2.99. The first-order valence-corrected chi connectivity index (χ1v) is 6.83. The second-order valence-electron chi connectivity index (χ2n) is 4.97. The van der Waals surface area contributed by atoms with Crippen molar-refractivity contribution in [1.82, 2.24) is 5.32 Å². The van der Waals surface area contributed by atoms with Gasteiger partial charge in [0, 0.05) is 13.2 Å². The minimum Gasteiger partial charge on any atom is -0.378 e. The Morgan fingerprint density at radius 2 is 2.32 bits per heavy atom. The Balaban J connectivity index is 1.82. The number of ether oxygens (including phenoxy) is 1. The van der Waals surface area contributed by atoms with Gasteiger partial charge in [0.25, 0.3) is 5.91 Å². The van der Waals surface area contributed by atoms with Gasteiger partial charge in [0.05, 0.1) is 11.7 Å². The minimum atomic E-state index is -0.436. The average molecular weight is 265 g/mol. The summed E-state index contributed by atoms with van der Waals surface area (Å²) in [7, 11) is 0. The predicted molar refractivity (Wildman–Crippen MR) is 71.7 cm³/mol. The topological polar surface area (TPSA) is 38.3 Å². The van der Waals surface area contributed by atoms with E-state index in [2.05, 4.69) is 5.32 Å². The molecule has 0 aromatic heterocycles. The molecule has 3 nitrogen and oxygen atoms in total. The third kappa shape index (κ3) is 3.77. The first kappa shape index (κ1) is 14.0. The van der Waals surface area contributed by atoms with Crippen LogP contribution in [0.1, 0.15) is 41.6 Å². The summed E-state index contributed by atoms with van der Waals surface area (Å²) in [6, 6.07) is 4.86. The van der Waals surface area contributed by atoms with Crippen LogP contribution in [0.2, 0.25) is 0 Å². The van der Waals surface area contributed by atoms with Gasteiger partial charge in [-0.3, -0.25) is 4.79 Å². The normalized spacial score (nSPS) is 19.2. The summed E-state index contributed by atoms with van der Waals surface area (Å²) in [5.41, 5.74) is 0.604. The maximum absolute atomic E-state index is 13.7. The molecule has 1 aromatic carbocycles. The molecule has 2 rings (SSSR count). The van der Waals surface area contributed by atoms with Gasteiger partial charge < -0.3 is 10.1 Å². The van der Waals surface area contributed by atoms with Gasteiger partial charge in [-0.05, 0) is 44.2 Å². The maximum atomic E-state index is 13.7. The van der Waals surface area contributed by atoms with Gasteiger partial charge in [0.2, 0.25) is 0 Å². The second kappa shape index (κ2) is 6.66. The Labute approximate surface area is 113 Å². The van der Waals surface area contributed by atoms with E-state index in [1.54, 1.807) is 19.1 Å². The lowest BCUT2D eigenvalue weighted by atomic mass is 10.1. The average Bonchev–Trinajstić information content (AvgIpc) is 2.43. The number of aryl methyl sites for hydroxylation is 1. The maximum Gasteiger partial charge on any atom is 0.254 e. The summed E-state index contributed by atoms with van der Waals surface area (Å²) >= 11 is 0. The number of rotatable bonds is 4. The van der Waals surface area contributed by atoms with E-state index < -0.39 is 5.82 Å². The van der Waals surface area contributed by atoms with Crippen LogP contribution >= 0.6 is 0 Å². The minimum absolute atomic E-state index is 0.115. The van der Waals surface area contributed by atoms with Crippen LogP contribution in [0.25, 0.3) is 0 Å². The van der Waals surface area contributed by atoms with Crippen LogP contribution in [0.3, 0.4) is 0 Å². The van der Waals surface area contributed by atoms with Crippen molar-refractivity contribution < 1.29 is 13.9 Å². The highest BCUT2D eigenvalue weighted by Gasteiger charge is 2.15. The lowest BCUT2D eigenvalue weighted by Crippen LogP contribution is -2.30. The van der Waals surface area contributed by atoms with Crippen LogP contribution in [0.5, 0.6) is 0 Å². The molecule has 104 valence electrons. The molecule has 1 atom stereocenters. The molecule has 0 radical (unpaired) electrons. The monoisotopic (exact) mass is 265 g/mol. The van der Waals surface area contributed by atoms with Crippen molar-refractivity contribution in [2.24, 2.45) is 0 Å². The van der Waals surface area contributed by atoms with E-state index in [1.807, 2.05) is 0 Å². The summed E-state index contributed by atoms with van der Waals surface area (Å²) in [5.74, 6) is -0.786. The molecule has 0 aliphatic carbocycles. The molecule has 1 aromatic rings. The van der Waals surface area contributed by atoms with Crippen LogP contribution in [0.4, 0.5) is 4.39 Å². The lowest BCUT2D eigenvalue weighted by Gasteiger charge is -2.22. The van der Waals surface area contributed by atoms with Crippen LogP contribution in [0.15, 0.2) is 18.2 Å². The number of hydrogen-bond donors (Lipinski definition) is 1. The Morgan fingerprint density at radius 1 is 1.47 bits per heavy atom. The molecule has 0 bridgehead atoms. The third-order valence-electron chi connectivity index (χ3n) is 3.46. The Hall–Kier alpha value is -1.42. The molecule has 19 heavy (non-hydrogen) atoms. The van der Waals surface area contributed by atoms with Crippen molar-refractivity contribution in [3.63, 3.8) is 0 Å². The molecular weight excluding hydrogens is 245 g/mol. The van der Waals surface area contributed by atoms with Crippen LogP contribution in [-0.4, -0.2) is 25.2 Å². The fourth-order valence-corrected chi connectivity index (χ4v) is 2.30. The summed E-state index contributed by atoms with van der Waals surface area (Å²) in [4.78, 5) is 11.9. The van der Waals surface area contributed by atoms with Gasteiger partial charge in [-0.15, -0.1) is 0 Å². The summed E-state index contributed by atoms with van der Waals surface area (Å²) in [6.07, 6.45) is 4.38. The molecule has 4 heteroatoms. The Morgan fingerprint density at radius 3 is 3.05 bits per heavy atom.